The second-order valence-electron chi connectivity index (χ2n) is 7.09. The van der Waals surface area contributed by atoms with Crippen LogP contribution in [0.2, 0.25) is 0 Å². The van der Waals surface area contributed by atoms with Crippen molar-refractivity contribution in [3.8, 4) is 16.9 Å². The number of hydrogen-bond donors (Lipinski definition) is 2. The number of amides is 2. The zero-order chi connectivity index (χ0) is 21.5. The quantitative estimate of drug-likeness (QED) is 0.628. The molecule has 0 aliphatic rings. The number of rotatable bonds is 7. The van der Waals surface area contributed by atoms with E-state index < -0.39 is 12.1 Å². The van der Waals surface area contributed by atoms with E-state index in [-0.39, 0.29) is 18.4 Å². The normalized spacial score (nSPS) is 11.7. The van der Waals surface area contributed by atoms with Gasteiger partial charge in [0.25, 0.3) is 0 Å². The summed E-state index contributed by atoms with van der Waals surface area (Å²) in [6, 6.07) is 12.8. The average molecular weight is 407 g/mol. The van der Waals surface area contributed by atoms with E-state index in [9.17, 15) is 9.59 Å². The summed E-state index contributed by atoms with van der Waals surface area (Å²) in [6.07, 6.45) is 4.66. The van der Waals surface area contributed by atoms with Crippen molar-refractivity contribution >= 4 is 12.0 Å². The molecule has 0 saturated carbocycles. The lowest BCUT2D eigenvalue weighted by Gasteiger charge is -2.20. The number of alkyl carbamates (subject to hydrolysis) is 1. The fourth-order valence-corrected chi connectivity index (χ4v) is 3.02. The van der Waals surface area contributed by atoms with Crippen LogP contribution in [-0.2, 0) is 16.1 Å². The fourth-order valence-electron chi connectivity index (χ4n) is 3.02. The minimum Gasteiger partial charge on any atom is -0.453 e. The van der Waals surface area contributed by atoms with E-state index >= 15 is 0 Å². The van der Waals surface area contributed by atoms with Crippen molar-refractivity contribution in [3.05, 3.63) is 66.6 Å². The molecule has 2 amide bonds. The fraction of sp³-hybridized carbons (Fsp3) is 0.273. The maximum atomic E-state index is 12.7. The minimum absolute atomic E-state index is 0.101. The van der Waals surface area contributed by atoms with E-state index in [4.69, 9.17) is 5.10 Å². The lowest BCUT2D eigenvalue weighted by atomic mass is 10.0. The predicted octanol–water partition coefficient (Wildman–Crippen LogP) is 2.93. The molecule has 8 nitrogen and oxygen atoms in total. The molecule has 3 aromatic rings. The van der Waals surface area contributed by atoms with Crippen LogP contribution in [0.25, 0.3) is 16.9 Å². The van der Waals surface area contributed by atoms with Crippen molar-refractivity contribution in [3.63, 3.8) is 0 Å². The van der Waals surface area contributed by atoms with Gasteiger partial charge in [-0.05, 0) is 30.2 Å². The number of methoxy groups -OCH3 is 1. The topological polar surface area (TPSA) is 98.1 Å². The summed E-state index contributed by atoms with van der Waals surface area (Å²) in [7, 11) is 1.27. The van der Waals surface area contributed by atoms with E-state index in [1.165, 1.54) is 7.11 Å². The van der Waals surface area contributed by atoms with Gasteiger partial charge in [-0.15, -0.1) is 0 Å². The van der Waals surface area contributed by atoms with Crippen LogP contribution in [0.15, 0.2) is 61.1 Å². The molecule has 0 radical (unpaired) electrons. The first-order valence-corrected chi connectivity index (χ1v) is 9.66. The van der Waals surface area contributed by atoms with Gasteiger partial charge in [0.1, 0.15) is 6.04 Å². The standard InChI is InChI=1S/C22H25N5O3/c1-15(2)19(25-22(29)30-3)21(28)24-13-17-14-27(18-7-5-4-6-8-18)26-20(17)16-9-11-23-12-10-16/h4-12,14-15,19H,13H2,1-3H3,(H,24,28)(H,25,29). The summed E-state index contributed by atoms with van der Waals surface area (Å²) in [5.41, 5.74) is 3.41. The molecule has 2 N–H and O–H groups in total. The molecule has 30 heavy (non-hydrogen) atoms. The number of aromatic nitrogens is 3. The van der Waals surface area contributed by atoms with E-state index in [1.54, 1.807) is 17.1 Å². The van der Waals surface area contributed by atoms with Crippen LogP contribution in [0, 0.1) is 5.92 Å². The molecule has 1 aromatic carbocycles. The van der Waals surface area contributed by atoms with Gasteiger partial charge in [-0.1, -0.05) is 32.0 Å². The number of carbonyl (C=O) groups is 2. The van der Waals surface area contributed by atoms with Crippen LogP contribution in [0.5, 0.6) is 0 Å². The van der Waals surface area contributed by atoms with Crippen molar-refractivity contribution in [1.29, 1.82) is 0 Å². The van der Waals surface area contributed by atoms with Crippen LogP contribution in [0.4, 0.5) is 4.79 Å². The third kappa shape index (κ3) is 5.02. The smallest absolute Gasteiger partial charge is 0.407 e. The molecule has 0 spiro atoms. The number of ether oxygens (including phenoxy) is 1. The highest BCUT2D eigenvalue weighted by molar-refractivity contribution is 5.86. The first-order valence-electron chi connectivity index (χ1n) is 9.66. The van der Waals surface area contributed by atoms with Gasteiger partial charge in [0, 0.05) is 36.3 Å². The van der Waals surface area contributed by atoms with E-state index in [1.807, 2.05) is 62.5 Å². The number of nitrogens with zero attached hydrogens (tertiary/aromatic N) is 3. The largest absolute Gasteiger partial charge is 0.453 e. The first-order chi connectivity index (χ1) is 14.5. The molecule has 3 rings (SSSR count). The predicted molar refractivity (Wildman–Crippen MR) is 113 cm³/mol. The number of nitrogens with one attached hydrogen (secondary N) is 2. The Hall–Kier alpha value is -3.68. The van der Waals surface area contributed by atoms with Crippen LogP contribution in [0.1, 0.15) is 19.4 Å². The zero-order valence-electron chi connectivity index (χ0n) is 17.2. The van der Waals surface area contributed by atoms with Crippen LogP contribution >= 0.6 is 0 Å². The van der Waals surface area contributed by atoms with Crippen LogP contribution < -0.4 is 10.6 Å². The Morgan fingerprint density at radius 2 is 1.80 bits per heavy atom. The third-order valence-corrected chi connectivity index (χ3v) is 4.63. The Bertz CT molecular complexity index is 987. The Morgan fingerprint density at radius 1 is 1.10 bits per heavy atom. The zero-order valence-corrected chi connectivity index (χ0v) is 17.2. The SMILES string of the molecule is COC(=O)NC(C(=O)NCc1cn(-c2ccccc2)nc1-c1ccncc1)C(C)C. The van der Waals surface area contributed by atoms with E-state index in [0.717, 1.165) is 22.5 Å². The molecule has 1 unspecified atom stereocenters. The van der Waals surface area contributed by atoms with Crippen LogP contribution in [-0.4, -0.2) is 39.9 Å². The number of hydrogen-bond acceptors (Lipinski definition) is 5. The summed E-state index contributed by atoms with van der Waals surface area (Å²) in [5, 5.41) is 10.2. The molecule has 2 aromatic heterocycles. The first kappa shape index (κ1) is 21.0. The molecule has 2 heterocycles. The summed E-state index contributed by atoms with van der Waals surface area (Å²) >= 11 is 0. The molecule has 0 saturated heterocycles. The summed E-state index contributed by atoms with van der Waals surface area (Å²) in [6.45, 7) is 3.97. The molecule has 8 heteroatoms. The van der Waals surface area contributed by atoms with Gasteiger partial charge in [-0.3, -0.25) is 9.78 Å². The van der Waals surface area contributed by atoms with Gasteiger partial charge in [0.05, 0.1) is 18.5 Å². The average Bonchev–Trinajstić information content (AvgIpc) is 3.21. The lowest BCUT2D eigenvalue weighted by molar-refractivity contribution is -0.124. The molecule has 0 aliphatic heterocycles. The Labute approximate surface area is 175 Å². The highest BCUT2D eigenvalue weighted by Gasteiger charge is 2.25. The second kappa shape index (κ2) is 9.69. The Balaban J connectivity index is 1.84. The minimum atomic E-state index is -0.703. The van der Waals surface area contributed by atoms with Gasteiger partial charge in [-0.25, -0.2) is 9.48 Å². The Morgan fingerprint density at radius 3 is 2.43 bits per heavy atom. The molecule has 0 fully saturated rings. The van der Waals surface area contributed by atoms with Gasteiger partial charge in [0.2, 0.25) is 5.91 Å². The number of benzene rings is 1. The van der Waals surface area contributed by atoms with Crippen molar-refractivity contribution in [1.82, 2.24) is 25.4 Å². The molecule has 0 bridgehead atoms. The number of para-hydroxylation sites is 1. The van der Waals surface area contributed by atoms with E-state index in [0.29, 0.717) is 0 Å². The van der Waals surface area contributed by atoms with Gasteiger partial charge in [0.15, 0.2) is 0 Å². The summed E-state index contributed by atoms with van der Waals surface area (Å²) < 4.78 is 6.41. The molecular weight excluding hydrogens is 382 g/mol. The van der Waals surface area contributed by atoms with Crippen molar-refractivity contribution < 1.29 is 14.3 Å². The van der Waals surface area contributed by atoms with Crippen molar-refractivity contribution in [2.75, 3.05) is 7.11 Å². The highest BCUT2D eigenvalue weighted by Crippen LogP contribution is 2.23. The number of pyridine rings is 1. The second-order valence-corrected chi connectivity index (χ2v) is 7.09. The highest BCUT2D eigenvalue weighted by atomic mass is 16.5. The molecule has 156 valence electrons. The van der Waals surface area contributed by atoms with Crippen LogP contribution in [0.3, 0.4) is 0 Å². The van der Waals surface area contributed by atoms with Gasteiger partial charge in [-0.2, -0.15) is 5.10 Å². The number of carbonyl (C=O) groups excluding carboxylic acids is 2. The maximum Gasteiger partial charge on any atom is 0.407 e. The maximum absolute atomic E-state index is 12.7. The van der Waals surface area contributed by atoms with Crippen molar-refractivity contribution in [2.24, 2.45) is 5.92 Å². The van der Waals surface area contributed by atoms with Gasteiger partial charge >= 0.3 is 6.09 Å². The van der Waals surface area contributed by atoms with E-state index in [2.05, 4.69) is 20.4 Å². The molecule has 0 aliphatic carbocycles. The molecular formula is C22H25N5O3. The summed E-state index contributed by atoms with van der Waals surface area (Å²) in [5.74, 6) is -0.389. The lowest BCUT2D eigenvalue weighted by Crippen LogP contribution is -2.49. The monoisotopic (exact) mass is 407 g/mol. The third-order valence-electron chi connectivity index (χ3n) is 4.63. The van der Waals surface area contributed by atoms with Gasteiger partial charge < -0.3 is 15.4 Å². The van der Waals surface area contributed by atoms with Crippen molar-refractivity contribution in [2.45, 2.75) is 26.4 Å². The Kier molecular flexibility index (Phi) is 6.79. The summed E-state index contributed by atoms with van der Waals surface area (Å²) in [4.78, 5) is 28.3. The molecule has 1 atom stereocenters.